The van der Waals surface area contributed by atoms with E-state index in [4.69, 9.17) is 5.73 Å². The second-order valence-corrected chi connectivity index (χ2v) is 4.20. The summed E-state index contributed by atoms with van der Waals surface area (Å²) in [6, 6.07) is 0.722. The van der Waals surface area contributed by atoms with Crippen LogP contribution in [0, 0.1) is 5.92 Å². The standard InChI is InChI=1S/C10H14N4/c11-9-5-12-6-10(13-9)14-3-1-2-7-4-8(7)14/h5-8H,1-4H2,(H2,11,13)/t7-,8+/m1/s1. The van der Waals surface area contributed by atoms with Crippen LogP contribution in [0.3, 0.4) is 0 Å². The fraction of sp³-hybridized carbons (Fsp3) is 0.600. The summed E-state index contributed by atoms with van der Waals surface area (Å²) in [5.74, 6) is 2.38. The van der Waals surface area contributed by atoms with E-state index in [0.29, 0.717) is 5.82 Å². The van der Waals surface area contributed by atoms with Crippen LogP contribution in [0.25, 0.3) is 0 Å². The first-order valence-corrected chi connectivity index (χ1v) is 5.19. The van der Waals surface area contributed by atoms with Gasteiger partial charge in [0.1, 0.15) is 11.6 Å². The van der Waals surface area contributed by atoms with Crippen LogP contribution in [0.15, 0.2) is 12.4 Å². The van der Waals surface area contributed by atoms with Crippen LogP contribution >= 0.6 is 0 Å². The summed E-state index contributed by atoms with van der Waals surface area (Å²) < 4.78 is 0. The van der Waals surface area contributed by atoms with E-state index in [-0.39, 0.29) is 0 Å². The van der Waals surface area contributed by atoms with Gasteiger partial charge in [-0.3, -0.25) is 4.98 Å². The van der Waals surface area contributed by atoms with Crippen molar-refractivity contribution < 1.29 is 0 Å². The lowest BCUT2D eigenvalue weighted by molar-refractivity contribution is 0.555. The summed E-state index contributed by atoms with van der Waals surface area (Å²) in [5.41, 5.74) is 5.62. The van der Waals surface area contributed by atoms with Crippen molar-refractivity contribution >= 4 is 11.6 Å². The number of hydrogen-bond acceptors (Lipinski definition) is 4. The zero-order chi connectivity index (χ0) is 9.54. The molecule has 3 rings (SSSR count). The number of fused-ring (bicyclic) bond motifs is 1. The van der Waals surface area contributed by atoms with Crippen LogP contribution in [-0.2, 0) is 0 Å². The van der Waals surface area contributed by atoms with Crippen molar-refractivity contribution in [3.8, 4) is 0 Å². The van der Waals surface area contributed by atoms with Gasteiger partial charge in [0, 0.05) is 12.6 Å². The molecule has 0 bridgehead atoms. The van der Waals surface area contributed by atoms with Gasteiger partial charge in [0.2, 0.25) is 0 Å². The third-order valence-electron chi connectivity index (χ3n) is 3.19. The van der Waals surface area contributed by atoms with Crippen molar-refractivity contribution in [2.45, 2.75) is 25.3 Å². The first-order chi connectivity index (χ1) is 6.84. The van der Waals surface area contributed by atoms with Crippen molar-refractivity contribution in [1.82, 2.24) is 9.97 Å². The average Bonchev–Trinajstić information content (AvgIpc) is 2.95. The van der Waals surface area contributed by atoms with Gasteiger partial charge in [0.25, 0.3) is 0 Å². The molecule has 4 heteroatoms. The van der Waals surface area contributed by atoms with E-state index >= 15 is 0 Å². The second-order valence-electron chi connectivity index (χ2n) is 4.20. The van der Waals surface area contributed by atoms with Gasteiger partial charge in [-0.05, 0) is 25.2 Å². The lowest BCUT2D eigenvalue weighted by Crippen LogP contribution is -2.32. The van der Waals surface area contributed by atoms with E-state index in [9.17, 15) is 0 Å². The van der Waals surface area contributed by atoms with E-state index in [1.54, 1.807) is 6.20 Å². The minimum atomic E-state index is 0.519. The van der Waals surface area contributed by atoms with Crippen LogP contribution in [0.1, 0.15) is 19.3 Å². The summed E-state index contributed by atoms with van der Waals surface area (Å²) in [7, 11) is 0. The van der Waals surface area contributed by atoms with E-state index < -0.39 is 0 Å². The van der Waals surface area contributed by atoms with Crippen LogP contribution in [0.2, 0.25) is 0 Å². The van der Waals surface area contributed by atoms with Crippen LogP contribution in [0.5, 0.6) is 0 Å². The average molecular weight is 190 g/mol. The molecule has 74 valence electrons. The molecule has 2 atom stereocenters. The van der Waals surface area contributed by atoms with Gasteiger partial charge in [0.15, 0.2) is 0 Å². The van der Waals surface area contributed by atoms with Crippen molar-refractivity contribution in [3.63, 3.8) is 0 Å². The molecule has 14 heavy (non-hydrogen) atoms. The van der Waals surface area contributed by atoms with E-state index in [0.717, 1.165) is 24.3 Å². The van der Waals surface area contributed by atoms with Gasteiger partial charge in [-0.1, -0.05) is 0 Å². The van der Waals surface area contributed by atoms with Gasteiger partial charge < -0.3 is 10.6 Å². The molecule has 4 nitrogen and oxygen atoms in total. The smallest absolute Gasteiger partial charge is 0.149 e. The summed E-state index contributed by atoms with van der Waals surface area (Å²) in [5, 5.41) is 0. The Morgan fingerprint density at radius 3 is 3.21 bits per heavy atom. The maximum absolute atomic E-state index is 5.62. The minimum Gasteiger partial charge on any atom is -0.382 e. The summed E-state index contributed by atoms with van der Waals surface area (Å²) in [6.07, 6.45) is 7.40. The molecule has 0 amide bonds. The monoisotopic (exact) mass is 190 g/mol. The first kappa shape index (κ1) is 8.03. The van der Waals surface area contributed by atoms with Gasteiger partial charge >= 0.3 is 0 Å². The van der Waals surface area contributed by atoms with E-state index in [1.165, 1.54) is 19.3 Å². The summed E-state index contributed by atoms with van der Waals surface area (Å²) >= 11 is 0. The fourth-order valence-electron chi connectivity index (χ4n) is 2.41. The lowest BCUT2D eigenvalue weighted by Gasteiger charge is -2.27. The molecule has 2 fully saturated rings. The van der Waals surface area contributed by atoms with Crippen molar-refractivity contribution in [1.29, 1.82) is 0 Å². The van der Waals surface area contributed by atoms with Gasteiger partial charge in [-0.25, -0.2) is 4.98 Å². The highest BCUT2D eigenvalue weighted by Gasteiger charge is 2.44. The number of nitrogens with two attached hydrogens (primary N) is 1. The number of aromatic nitrogens is 2. The Morgan fingerprint density at radius 2 is 2.36 bits per heavy atom. The highest BCUT2D eigenvalue weighted by Crippen LogP contribution is 2.44. The molecular formula is C10H14N4. The zero-order valence-corrected chi connectivity index (χ0v) is 8.06. The number of nitrogen functional groups attached to an aromatic ring is 1. The van der Waals surface area contributed by atoms with E-state index in [1.807, 2.05) is 6.20 Å². The second kappa shape index (κ2) is 2.83. The molecule has 1 aliphatic carbocycles. The van der Waals surface area contributed by atoms with Gasteiger partial charge in [0.05, 0.1) is 12.4 Å². The molecule has 2 aliphatic rings. The van der Waals surface area contributed by atoms with Crippen molar-refractivity contribution in [2.24, 2.45) is 5.92 Å². The Balaban J connectivity index is 1.87. The Labute approximate surface area is 83.1 Å². The largest absolute Gasteiger partial charge is 0.382 e. The molecule has 2 heterocycles. The number of piperidine rings is 1. The third kappa shape index (κ3) is 1.22. The number of anilines is 2. The van der Waals surface area contributed by atoms with Crippen molar-refractivity contribution in [3.05, 3.63) is 12.4 Å². The fourth-order valence-corrected chi connectivity index (χ4v) is 2.41. The highest BCUT2D eigenvalue weighted by atomic mass is 15.3. The van der Waals surface area contributed by atoms with Gasteiger partial charge in [-0.15, -0.1) is 0 Å². The zero-order valence-electron chi connectivity index (χ0n) is 8.06. The Kier molecular flexibility index (Phi) is 1.63. The molecule has 1 saturated heterocycles. The molecule has 0 unspecified atom stereocenters. The normalized spacial score (nSPS) is 29.9. The maximum Gasteiger partial charge on any atom is 0.149 e. The number of nitrogens with zero attached hydrogens (tertiary/aromatic N) is 3. The summed E-state index contributed by atoms with van der Waals surface area (Å²) in [6.45, 7) is 1.11. The number of hydrogen-bond donors (Lipinski definition) is 1. The lowest BCUT2D eigenvalue weighted by atomic mass is 10.1. The van der Waals surface area contributed by atoms with E-state index in [2.05, 4.69) is 14.9 Å². The number of rotatable bonds is 1. The molecule has 1 aliphatic heterocycles. The molecule has 0 aromatic carbocycles. The molecule has 1 aromatic rings. The SMILES string of the molecule is Nc1cncc(N2CCC[C@@H]3C[C@@H]32)n1. The quantitative estimate of drug-likeness (QED) is 0.719. The molecular weight excluding hydrogens is 176 g/mol. The first-order valence-electron chi connectivity index (χ1n) is 5.19. The van der Waals surface area contributed by atoms with Crippen LogP contribution in [0.4, 0.5) is 11.6 Å². The van der Waals surface area contributed by atoms with Crippen LogP contribution < -0.4 is 10.6 Å². The predicted molar refractivity (Wildman–Crippen MR) is 54.9 cm³/mol. The minimum absolute atomic E-state index is 0.519. The molecule has 0 spiro atoms. The van der Waals surface area contributed by atoms with Gasteiger partial charge in [-0.2, -0.15) is 0 Å². The Morgan fingerprint density at radius 1 is 1.43 bits per heavy atom. The van der Waals surface area contributed by atoms with Crippen LogP contribution in [-0.4, -0.2) is 22.6 Å². The third-order valence-corrected chi connectivity index (χ3v) is 3.19. The Hall–Kier alpha value is -1.32. The van der Waals surface area contributed by atoms with Crippen molar-refractivity contribution in [2.75, 3.05) is 17.2 Å². The highest BCUT2D eigenvalue weighted by molar-refractivity contribution is 5.45. The molecule has 1 saturated carbocycles. The molecule has 0 radical (unpaired) electrons. The topological polar surface area (TPSA) is 55.0 Å². The molecule has 1 aromatic heterocycles. The Bertz CT molecular complexity index is 352. The summed E-state index contributed by atoms with van der Waals surface area (Å²) in [4.78, 5) is 10.8. The maximum atomic E-state index is 5.62. The predicted octanol–water partition coefficient (Wildman–Crippen LogP) is 1.05. The molecule has 2 N–H and O–H groups in total.